The Morgan fingerprint density at radius 1 is 0.931 bits per heavy atom. The van der Waals surface area contributed by atoms with Crippen molar-refractivity contribution in [3.63, 3.8) is 0 Å². The molecule has 1 aromatic rings. The molecule has 0 unspecified atom stereocenters. The molecule has 4 saturated carbocycles. The lowest BCUT2D eigenvalue weighted by atomic mass is 9.45. The Morgan fingerprint density at radius 2 is 1.69 bits per heavy atom. The maximum atomic E-state index is 12.7. The third-order valence-electron chi connectivity index (χ3n) is 9.65. The van der Waals surface area contributed by atoms with Crippen molar-refractivity contribution in [2.24, 2.45) is 34.5 Å². The molecule has 4 fully saturated rings. The van der Waals surface area contributed by atoms with Crippen LogP contribution < -0.4 is 0 Å². The van der Waals surface area contributed by atoms with Gasteiger partial charge >= 0.3 is 5.97 Å². The fourth-order valence-corrected chi connectivity index (χ4v) is 7.96. The van der Waals surface area contributed by atoms with E-state index in [2.05, 4.69) is 13.8 Å². The Hall–Kier alpha value is -1.64. The summed E-state index contributed by atoms with van der Waals surface area (Å²) >= 11 is 0. The second kappa shape index (κ2) is 6.96. The van der Waals surface area contributed by atoms with Gasteiger partial charge in [0.05, 0.1) is 5.56 Å². The van der Waals surface area contributed by atoms with E-state index in [1.807, 2.05) is 30.3 Å². The molecule has 0 aliphatic heterocycles. The molecule has 3 nitrogen and oxygen atoms in total. The van der Waals surface area contributed by atoms with Gasteiger partial charge in [0, 0.05) is 18.3 Å². The Labute approximate surface area is 174 Å². The smallest absolute Gasteiger partial charge is 0.338 e. The van der Waals surface area contributed by atoms with Crippen LogP contribution in [0.5, 0.6) is 0 Å². The minimum atomic E-state index is -0.166. The van der Waals surface area contributed by atoms with E-state index < -0.39 is 0 Å². The number of fused-ring (bicyclic) bond motifs is 5. The summed E-state index contributed by atoms with van der Waals surface area (Å²) in [5.74, 6) is 3.06. The van der Waals surface area contributed by atoms with Crippen LogP contribution in [0.4, 0.5) is 0 Å². The van der Waals surface area contributed by atoms with Gasteiger partial charge in [-0.2, -0.15) is 0 Å². The van der Waals surface area contributed by atoms with Crippen molar-refractivity contribution in [2.75, 3.05) is 0 Å². The molecule has 0 N–H and O–H groups in total. The van der Waals surface area contributed by atoms with Gasteiger partial charge in [-0.25, -0.2) is 4.79 Å². The van der Waals surface area contributed by atoms with E-state index in [0.29, 0.717) is 28.6 Å². The Balaban J connectivity index is 1.34. The monoisotopic (exact) mass is 394 g/mol. The second-order valence-corrected chi connectivity index (χ2v) is 10.8. The number of benzene rings is 1. The Kier molecular flexibility index (Phi) is 4.64. The van der Waals surface area contributed by atoms with Crippen molar-refractivity contribution in [3.05, 3.63) is 35.9 Å². The summed E-state index contributed by atoms with van der Waals surface area (Å²) in [6.45, 7) is 4.88. The van der Waals surface area contributed by atoms with Crippen LogP contribution in [0.25, 0.3) is 0 Å². The molecule has 7 atom stereocenters. The van der Waals surface area contributed by atoms with E-state index in [-0.39, 0.29) is 17.5 Å². The van der Waals surface area contributed by atoms with Crippen LogP contribution in [-0.2, 0) is 9.53 Å². The fourth-order valence-electron chi connectivity index (χ4n) is 7.96. The SMILES string of the molecule is C[C@]12CC[C@H]3[C@H](CC[C@H]4CC(=O)CC[C@]43C)[C@H]1CC[C@@H]2OC(=O)c1ccccc1. The molecule has 4 aliphatic rings. The van der Waals surface area contributed by atoms with Gasteiger partial charge in [0.2, 0.25) is 0 Å². The molecule has 3 heteroatoms. The highest BCUT2D eigenvalue weighted by atomic mass is 16.5. The number of ketones is 1. The molecule has 0 saturated heterocycles. The number of hydrogen-bond acceptors (Lipinski definition) is 3. The van der Waals surface area contributed by atoms with Crippen LogP contribution in [0.2, 0.25) is 0 Å². The van der Waals surface area contributed by atoms with Gasteiger partial charge in [0.1, 0.15) is 11.9 Å². The van der Waals surface area contributed by atoms with Crippen molar-refractivity contribution in [3.8, 4) is 0 Å². The van der Waals surface area contributed by atoms with Crippen molar-refractivity contribution >= 4 is 11.8 Å². The van der Waals surface area contributed by atoms with E-state index in [1.165, 1.54) is 25.7 Å². The lowest BCUT2D eigenvalue weighted by Crippen LogP contribution is -2.54. The zero-order valence-corrected chi connectivity index (χ0v) is 17.9. The summed E-state index contributed by atoms with van der Waals surface area (Å²) in [7, 11) is 0. The van der Waals surface area contributed by atoms with E-state index in [9.17, 15) is 9.59 Å². The first-order chi connectivity index (χ1) is 13.9. The maximum absolute atomic E-state index is 12.7. The average Bonchev–Trinajstić information content (AvgIpc) is 3.05. The average molecular weight is 395 g/mol. The molecule has 0 spiro atoms. The first kappa shape index (κ1) is 19.3. The van der Waals surface area contributed by atoms with Gasteiger partial charge in [-0.15, -0.1) is 0 Å². The zero-order valence-electron chi connectivity index (χ0n) is 17.9. The van der Waals surface area contributed by atoms with Crippen molar-refractivity contribution < 1.29 is 14.3 Å². The topological polar surface area (TPSA) is 43.4 Å². The summed E-state index contributed by atoms with van der Waals surface area (Å²) in [6.07, 6.45) is 9.79. The van der Waals surface area contributed by atoms with E-state index in [4.69, 9.17) is 4.74 Å². The van der Waals surface area contributed by atoms with Crippen LogP contribution in [0, 0.1) is 34.5 Å². The van der Waals surface area contributed by atoms with Crippen LogP contribution >= 0.6 is 0 Å². The van der Waals surface area contributed by atoms with Crippen LogP contribution in [0.15, 0.2) is 30.3 Å². The van der Waals surface area contributed by atoms with E-state index >= 15 is 0 Å². The number of carbonyl (C=O) groups excluding carboxylic acids is 2. The molecular formula is C26H34O3. The molecule has 0 heterocycles. The molecule has 5 rings (SSSR count). The third-order valence-corrected chi connectivity index (χ3v) is 9.65. The molecule has 0 amide bonds. The summed E-state index contributed by atoms with van der Waals surface area (Å²) in [4.78, 5) is 24.8. The number of Topliss-reactive ketones (excluding diaryl/α,β-unsaturated/α-hetero) is 1. The normalized spacial score (nSPS) is 43.8. The lowest BCUT2D eigenvalue weighted by Gasteiger charge is -2.60. The second-order valence-electron chi connectivity index (χ2n) is 10.8. The highest BCUT2D eigenvalue weighted by molar-refractivity contribution is 5.89. The molecule has 0 bridgehead atoms. The number of ether oxygens (including phenoxy) is 1. The maximum Gasteiger partial charge on any atom is 0.338 e. The number of hydrogen-bond donors (Lipinski definition) is 0. The molecule has 0 radical (unpaired) electrons. The van der Waals surface area contributed by atoms with E-state index in [1.54, 1.807) is 0 Å². The fraction of sp³-hybridized carbons (Fsp3) is 0.692. The number of carbonyl (C=O) groups is 2. The molecule has 29 heavy (non-hydrogen) atoms. The minimum absolute atomic E-state index is 0.0413. The highest BCUT2D eigenvalue weighted by Crippen LogP contribution is 2.66. The van der Waals surface area contributed by atoms with Crippen molar-refractivity contribution in [2.45, 2.75) is 77.7 Å². The van der Waals surface area contributed by atoms with Crippen LogP contribution in [0.1, 0.15) is 82.0 Å². The predicted octanol–water partition coefficient (Wildman–Crippen LogP) is 5.82. The summed E-state index contributed by atoms with van der Waals surface area (Å²) < 4.78 is 6.11. The Bertz CT molecular complexity index is 801. The molecule has 156 valence electrons. The molecular weight excluding hydrogens is 360 g/mol. The third kappa shape index (κ3) is 2.99. The van der Waals surface area contributed by atoms with Crippen molar-refractivity contribution in [1.82, 2.24) is 0 Å². The molecule has 4 aliphatic carbocycles. The first-order valence-electron chi connectivity index (χ1n) is 11.7. The lowest BCUT2D eigenvalue weighted by molar-refractivity contribution is -0.142. The Morgan fingerprint density at radius 3 is 2.48 bits per heavy atom. The van der Waals surface area contributed by atoms with E-state index in [0.717, 1.165) is 43.9 Å². The van der Waals surface area contributed by atoms with Crippen molar-refractivity contribution in [1.29, 1.82) is 0 Å². The quantitative estimate of drug-likeness (QED) is 0.593. The van der Waals surface area contributed by atoms with Gasteiger partial charge in [0.25, 0.3) is 0 Å². The van der Waals surface area contributed by atoms with Gasteiger partial charge in [-0.3, -0.25) is 4.79 Å². The highest BCUT2D eigenvalue weighted by Gasteiger charge is 2.61. The predicted molar refractivity (Wildman–Crippen MR) is 112 cm³/mol. The molecule has 0 aromatic heterocycles. The number of esters is 1. The van der Waals surface area contributed by atoms with Crippen LogP contribution in [0.3, 0.4) is 0 Å². The first-order valence-corrected chi connectivity index (χ1v) is 11.7. The minimum Gasteiger partial charge on any atom is -0.458 e. The van der Waals surface area contributed by atoms with Gasteiger partial charge in [-0.1, -0.05) is 32.0 Å². The van der Waals surface area contributed by atoms with Gasteiger partial charge < -0.3 is 4.74 Å². The summed E-state index contributed by atoms with van der Waals surface area (Å²) in [5.41, 5.74) is 1.11. The summed E-state index contributed by atoms with van der Waals surface area (Å²) in [6, 6.07) is 9.42. The summed E-state index contributed by atoms with van der Waals surface area (Å²) in [5, 5.41) is 0. The standard InChI is InChI=1S/C26H34O3/c1-25-14-12-19(27)16-18(25)8-9-20-21-10-11-23(26(21,2)15-13-22(20)25)29-24(28)17-6-4-3-5-7-17/h3-7,18,20-23H,8-16H2,1-2H3/t18-,20+,21+,22-,23-,25+,26-/m0/s1. The van der Waals surface area contributed by atoms with Gasteiger partial charge in [0.15, 0.2) is 0 Å². The van der Waals surface area contributed by atoms with Crippen LogP contribution in [-0.4, -0.2) is 17.9 Å². The molecule has 1 aromatic carbocycles. The van der Waals surface area contributed by atoms with Gasteiger partial charge in [-0.05, 0) is 86.2 Å². The largest absolute Gasteiger partial charge is 0.458 e. The number of rotatable bonds is 2. The zero-order chi connectivity index (χ0) is 20.2.